The van der Waals surface area contributed by atoms with Crippen molar-refractivity contribution in [3.8, 4) is 0 Å². The van der Waals surface area contributed by atoms with Crippen LogP contribution >= 0.6 is 11.5 Å². The molecule has 2 aliphatic rings. The summed E-state index contributed by atoms with van der Waals surface area (Å²) in [6, 6.07) is 12.5. The fourth-order valence-corrected chi connectivity index (χ4v) is 3.92. The van der Waals surface area contributed by atoms with Crippen molar-refractivity contribution in [3.63, 3.8) is 0 Å². The SMILES string of the molecule is Cc1cc(N2C=NC3=NNN([C@@H](C)c4ccc5ncccc5c4)C3=C2)sn1. The number of fused-ring (bicyclic) bond motifs is 2. The van der Waals surface area contributed by atoms with Crippen molar-refractivity contribution >= 4 is 39.6 Å². The Bertz CT molecular complexity index is 1110. The van der Waals surface area contributed by atoms with Crippen molar-refractivity contribution in [2.75, 3.05) is 4.90 Å². The minimum Gasteiger partial charge on any atom is -0.295 e. The first-order valence-electron chi connectivity index (χ1n) is 8.64. The Morgan fingerprint density at radius 3 is 2.96 bits per heavy atom. The molecule has 0 amide bonds. The molecular weight excluding hydrogens is 358 g/mol. The van der Waals surface area contributed by atoms with Crippen molar-refractivity contribution in [2.45, 2.75) is 19.9 Å². The van der Waals surface area contributed by atoms with Gasteiger partial charge in [-0.3, -0.25) is 14.9 Å². The van der Waals surface area contributed by atoms with Gasteiger partial charge < -0.3 is 0 Å². The number of hydrazone groups is 1. The van der Waals surface area contributed by atoms with Crippen LogP contribution in [0.1, 0.15) is 24.2 Å². The molecule has 0 fully saturated rings. The molecule has 0 saturated heterocycles. The van der Waals surface area contributed by atoms with Crippen molar-refractivity contribution in [3.05, 3.63) is 65.7 Å². The number of amidine groups is 1. The molecule has 1 N–H and O–H groups in total. The zero-order valence-electron chi connectivity index (χ0n) is 14.9. The quantitative estimate of drug-likeness (QED) is 0.758. The van der Waals surface area contributed by atoms with Crippen LogP contribution in [0.15, 0.2) is 64.6 Å². The van der Waals surface area contributed by atoms with Crippen molar-refractivity contribution in [1.82, 2.24) is 19.9 Å². The van der Waals surface area contributed by atoms with Gasteiger partial charge in [-0.15, -0.1) is 5.10 Å². The van der Waals surface area contributed by atoms with Gasteiger partial charge in [0, 0.05) is 17.8 Å². The average Bonchev–Trinajstić information content (AvgIpc) is 3.32. The first-order chi connectivity index (χ1) is 13.2. The standard InChI is InChI=1S/C19H17N7S/c1-12-8-18(27-23-12)25-10-17-19(21-11-25)22-24-26(17)13(2)14-5-6-16-15(9-14)4-3-7-20-16/h3-11,13,24H,1-2H3/t13-/m0/s1. The first-order valence-corrected chi connectivity index (χ1v) is 9.42. The zero-order chi connectivity index (χ0) is 18.4. The largest absolute Gasteiger partial charge is 0.295 e. The third-order valence-corrected chi connectivity index (χ3v) is 5.58. The maximum absolute atomic E-state index is 4.48. The molecular formula is C19H17N7S. The van der Waals surface area contributed by atoms with Gasteiger partial charge in [-0.2, -0.15) is 4.37 Å². The summed E-state index contributed by atoms with van der Waals surface area (Å²) in [4.78, 5) is 10.9. The molecule has 2 aliphatic heterocycles. The molecule has 0 aliphatic carbocycles. The maximum atomic E-state index is 4.48. The van der Waals surface area contributed by atoms with E-state index in [-0.39, 0.29) is 6.04 Å². The van der Waals surface area contributed by atoms with Gasteiger partial charge in [-0.05, 0) is 55.2 Å². The number of nitrogens with zero attached hydrogens (tertiary/aromatic N) is 6. The number of anilines is 1. The molecule has 0 spiro atoms. The molecule has 4 heterocycles. The van der Waals surface area contributed by atoms with Crippen molar-refractivity contribution in [1.29, 1.82) is 0 Å². The second kappa shape index (κ2) is 6.17. The molecule has 0 unspecified atom stereocenters. The Balaban J connectivity index is 1.47. The molecule has 3 aromatic rings. The minimum atomic E-state index is 0.0699. The fourth-order valence-electron chi connectivity index (χ4n) is 3.21. The van der Waals surface area contributed by atoms with Crippen LogP contribution in [0.3, 0.4) is 0 Å². The Kier molecular flexibility index (Phi) is 3.64. The van der Waals surface area contributed by atoms with Crippen LogP contribution < -0.4 is 10.4 Å². The maximum Gasteiger partial charge on any atom is 0.202 e. The second-order valence-electron chi connectivity index (χ2n) is 6.51. The molecule has 27 heavy (non-hydrogen) atoms. The van der Waals surface area contributed by atoms with E-state index in [1.54, 1.807) is 6.34 Å². The fraction of sp³-hybridized carbons (Fsp3) is 0.158. The van der Waals surface area contributed by atoms with Gasteiger partial charge >= 0.3 is 0 Å². The van der Waals surface area contributed by atoms with Gasteiger partial charge in [0.15, 0.2) is 0 Å². The number of benzene rings is 1. The van der Waals surface area contributed by atoms with Gasteiger partial charge in [0.25, 0.3) is 0 Å². The average molecular weight is 375 g/mol. The minimum absolute atomic E-state index is 0.0699. The number of aliphatic imine (C=N–C) groups is 1. The van der Waals surface area contributed by atoms with Crippen molar-refractivity contribution < 1.29 is 0 Å². The number of hydrogen-bond donors (Lipinski definition) is 1. The second-order valence-corrected chi connectivity index (χ2v) is 7.29. The lowest BCUT2D eigenvalue weighted by Gasteiger charge is -2.29. The molecule has 1 atom stereocenters. The molecule has 1 aromatic carbocycles. The third-order valence-electron chi connectivity index (χ3n) is 4.68. The van der Waals surface area contributed by atoms with Crippen LogP contribution in [0.4, 0.5) is 5.00 Å². The summed E-state index contributed by atoms with van der Waals surface area (Å²) >= 11 is 1.45. The highest BCUT2D eigenvalue weighted by Crippen LogP contribution is 2.31. The van der Waals surface area contributed by atoms with Crippen LogP contribution in [-0.2, 0) is 0 Å². The monoisotopic (exact) mass is 375 g/mol. The van der Waals surface area contributed by atoms with Gasteiger partial charge in [0.1, 0.15) is 17.0 Å². The summed E-state index contributed by atoms with van der Waals surface area (Å²) < 4.78 is 4.35. The molecule has 0 bridgehead atoms. The number of nitrogens with one attached hydrogen (secondary N) is 1. The van der Waals surface area contributed by atoms with Gasteiger partial charge in [0.05, 0.1) is 17.3 Å². The molecule has 0 saturated carbocycles. The lowest BCUT2D eigenvalue weighted by molar-refractivity contribution is 0.217. The van der Waals surface area contributed by atoms with E-state index in [0.717, 1.165) is 27.3 Å². The predicted molar refractivity (Wildman–Crippen MR) is 108 cm³/mol. The summed E-state index contributed by atoms with van der Waals surface area (Å²) in [7, 11) is 0. The van der Waals surface area contributed by atoms with Gasteiger partial charge in [-0.1, -0.05) is 12.1 Å². The number of hydrazine groups is 1. The number of pyridine rings is 1. The van der Waals surface area contributed by atoms with E-state index in [1.165, 1.54) is 17.1 Å². The molecule has 8 heteroatoms. The molecule has 0 radical (unpaired) electrons. The third kappa shape index (κ3) is 2.74. The van der Waals surface area contributed by atoms with E-state index in [9.17, 15) is 0 Å². The predicted octanol–water partition coefficient (Wildman–Crippen LogP) is 3.58. The Hall–Kier alpha value is -3.26. The van der Waals surface area contributed by atoms with Crippen LogP contribution in [0.5, 0.6) is 0 Å². The van der Waals surface area contributed by atoms with Gasteiger partial charge in [0.2, 0.25) is 5.84 Å². The number of hydrogen-bond acceptors (Lipinski definition) is 8. The number of aromatic nitrogens is 2. The van der Waals surface area contributed by atoms with E-state index in [1.807, 2.05) is 41.4 Å². The van der Waals surface area contributed by atoms with E-state index in [0.29, 0.717) is 5.84 Å². The summed E-state index contributed by atoms with van der Waals surface area (Å²) in [6.07, 6.45) is 5.62. The summed E-state index contributed by atoms with van der Waals surface area (Å²) in [5.41, 5.74) is 7.21. The number of aryl methyl sites for hydroxylation is 1. The van der Waals surface area contributed by atoms with Crippen LogP contribution in [0.2, 0.25) is 0 Å². The summed E-state index contributed by atoms with van der Waals surface area (Å²) in [6.45, 7) is 4.13. The summed E-state index contributed by atoms with van der Waals surface area (Å²) in [5, 5.41) is 8.54. The van der Waals surface area contributed by atoms with Crippen LogP contribution in [0, 0.1) is 6.92 Å². The number of rotatable bonds is 3. The van der Waals surface area contributed by atoms with E-state index >= 15 is 0 Å². The van der Waals surface area contributed by atoms with E-state index in [2.05, 4.69) is 56.2 Å². The topological polar surface area (TPSA) is 69.0 Å². The van der Waals surface area contributed by atoms with E-state index < -0.39 is 0 Å². The highest BCUT2D eigenvalue weighted by molar-refractivity contribution is 7.10. The van der Waals surface area contributed by atoms with E-state index in [4.69, 9.17) is 0 Å². The Labute approximate surface area is 160 Å². The Morgan fingerprint density at radius 1 is 1.19 bits per heavy atom. The first kappa shape index (κ1) is 16.0. The molecule has 5 rings (SSSR count). The van der Waals surface area contributed by atoms with Gasteiger partial charge in [-0.25, -0.2) is 10.5 Å². The molecule has 7 nitrogen and oxygen atoms in total. The lowest BCUT2D eigenvalue weighted by atomic mass is 10.0. The summed E-state index contributed by atoms with van der Waals surface area (Å²) in [5.74, 6) is 0.682. The van der Waals surface area contributed by atoms with Crippen LogP contribution in [0.25, 0.3) is 10.9 Å². The molecule has 134 valence electrons. The highest BCUT2D eigenvalue weighted by Gasteiger charge is 2.30. The van der Waals surface area contributed by atoms with Crippen molar-refractivity contribution in [2.24, 2.45) is 10.1 Å². The molecule has 2 aromatic heterocycles. The zero-order valence-corrected chi connectivity index (χ0v) is 15.7. The highest BCUT2D eigenvalue weighted by atomic mass is 32.1. The smallest absolute Gasteiger partial charge is 0.202 e. The Morgan fingerprint density at radius 2 is 2.11 bits per heavy atom. The normalized spacial score (nSPS) is 16.8. The van der Waals surface area contributed by atoms with Crippen LogP contribution in [-0.4, -0.2) is 26.5 Å². The lowest BCUT2D eigenvalue weighted by Crippen LogP contribution is -2.34.